The third-order valence-electron chi connectivity index (χ3n) is 4.37. The molecule has 5 nitrogen and oxygen atoms in total. The molecule has 7 heteroatoms. The number of carbonyl (C=O) groups is 1. The lowest BCUT2D eigenvalue weighted by Crippen LogP contribution is -2.07. The number of carbonyl (C=O) groups excluding carboxylic acids is 1. The summed E-state index contributed by atoms with van der Waals surface area (Å²) >= 11 is 7.73. The minimum absolute atomic E-state index is 0.244. The fourth-order valence-electron chi connectivity index (χ4n) is 2.98. The number of benzene rings is 2. The predicted octanol–water partition coefficient (Wildman–Crippen LogP) is 5.51. The van der Waals surface area contributed by atoms with Crippen molar-refractivity contribution in [3.8, 4) is 21.7 Å². The van der Waals surface area contributed by atoms with Crippen LogP contribution >= 0.6 is 22.9 Å². The highest BCUT2D eigenvalue weighted by molar-refractivity contribution is 7.15. The normalized spacial score (nSPS) is 10.7. The summed E-state index contributed by atoms with van der Waals surface area (Å²) in [7, 11) is 0. The number of aromatic nitrogens is 2. The Hall–Kier alpha value is -3.22. The highest BCUT2D eigenvalue weighted by Gasteiger charge is 2.16. The van der Waals surface area contributed by atoms with Gasteiger partial charge < -0.3 is 10.5 Å². The maximum absolute atomic E-state index is 12.2. The molecule has 0 aliphatic rings. The third kappa shape index (κ3) is 4.67. The zero-order valence-electron chi connectivity index (χ0n) is 15.9. The molecule has 0 spiro atoms. The fraction of sp³-hybridized carbons (Fsp3) is 0.0870. The summed E-state index contributed by atoms with van der Waals surface area (Å²) in [5, 5.41) is 1.50. The van der Waals surface area contributed by atoms with Crippen molar-refractivity contribution in [1.82, 2.24) is 9.97 Å². The molecule has 0 radical (unpaired) electrons. The highest BCUT2D eigenvalue weighted by atomic mass is 35.5. The standard InChI is InChI=1S/C23H18ClN3O2S/c24-18-8-4-7-16(13-18)21-22(17-9-11-26-19(25)14-17)30-20(27-21)10-12-29-23(28)15-5-2-1-3-6-15/h1-9,11,13-14H,10,12H2,(H2,25,26). The largest absolute Gasteiger partial charge is 0.462 e. The number of nitrogen functional groups attached to an aromatic ring is 1. The summed E-state index contributed by atoms with van der Waals surface area (Å²) in [5.74, 6) is 0.0978. The van der Waals surface area contributed by atoms with E-state index in [-0.39, 0.29) is 12.6 Å². The Morgan fingerprint density at radius 3 is 2.63 bits per heavy atom. The molecular weight excluding hydrogens is 418 g/mol. The Kier molecular flexibility index (Phi) is 6.07. The van der Waals surface area contributed by atoms with Gasteiger partial charge in [0.05, 0.1) is 27.7 Å². The first-order valence-electron chi connectivity index (χ1n) is 9.30. The van der Waals surface area contributed by atoms with Crippen molar-refractivity contribution in [1.29, 1.82) is 0 Å². The van der Waals surface area contributed by atoms with Crippen LogP contribution in [-0.2, 0) is 11.2 Å². The average molecular weight is 436 g/mol. The summed E-state index contributed by atoms with van der Waals surface area (Å²) in [6, 6.07) is 20.2. The second-order valence-corrected chi connectivity index (χ2v) is 8.04. The van der Waals surface area contributed by atoms with Crippen LogP contribution in [-0.4, -0.2) is 22.5 Å². The van der Waals surface area contributed by atoms with Gasteiger partial charge in [0.15, 0.2) is 0 Å². The Balaban J connectivity index is 1.58. The number of hydrogen-bond acceptors (Lipinski definition) is 6. The van der Waals surface area contributed by atoms with Crippen LogP contribution in [0.25, 0.3) is 21.7 Å². The van der Waals surface area contributed by atoms with Crippen LogP contribution < -0.4 is 5.73 Å². The van der Waals surface area contributed by atoms with Crippen molar-refractivity contribution in [3.63, 3.8) is 0 Å². The summed E-state index contributed by atoms with van der Waals surface area (Å²) in [6.07, 6.45) is 2.19. The first-order valence-corrected chi connectivity index (χ1v) is 10.5. The molecule has 0 saturated carbocycles. The molecule has 4 rings (SSSR count). The summed E-state index contributed by atoms with van der Waals surface area (Å²) in [5.41, 5.74) is 9.07. The van der Waals surface area contributed by atoms with Gasteiger partial charge in [0.1, 0.15) is 5.82 Å². The first kappa shape index (κ1) is 20.1. The zero-order valence-corrected chi connectivity index (χ0v) is 17.5. The van der Waals surface area contributed by atoms with Crippen LogP contribution in [0.15, 0.2) is 72.9 Å². The molecule has 0 atom stereocenters. The van der Waals surface area contributed by atoms with Crippen LogP contribution in [0.4, 0.5) is 5.82 Å². The zero-order chi connectivity index (χ0) is 20.9. The van der Waals surface area contributed by atoms with E-state index in [0.717, 1.165) is 26.7 Å². The molecular formula is C23H18ClN3O2S. The van der Waals surface area contributed by atoms with E-state index >= 15 is 0 Å². The van der Waals surface area contributed by atoms with Crippen LogP contribution in [0.2, 0.25) is 5.02 Å². The Morgan fingerprint density at radius 2 is 1.87 bits per heavy atom. The molecule has 30 heavy (non-hydrogen) atoms. The van der Waals surface area contributed by atoms with E-state index in [2.05, 4.69) is 4.98 Å². The SMILES string of the molecule is Nc1cc(-c2sc(CCOC(=O)c3ccccc3)nc2-c2cccc(Cl)c2)ccn1. The minimum atomic E-state index is -0.343. The smallest absolute Gasteiger partial charge is 0.338 e. The van der Waals surface area contributed by atoms with Gasteiger partial charge >= 0.3 is 5.97 Å². The number of anilines is 1. The Morgan fingerprint density at radius 1 is 1.03 bits per heavy atom. The second kappa shape index (κ2) is 9.07. The van der Waals surface area contributed by atoms with E-state index in [0.29, 0.717) is 22.8 Å². The predicted molar refractivity (Wildman–Crippen MR) is 121 cm³/mol. The van der Waals surface area contributed by atoms with Crippen molar-refractivity contribution in [2.24, 2.45) is 0 Å². The lowest BCUT2D eigenvalue weighted by Gasteiger charge is -2.04. The number of thiazole rings is 1. The molecule has 2 aromatic heterocycles. The van der Waals surface area contributed by atoms with Gasteiger partial charge in [-0.15, -0.1) is 11.3 Å². The monoisotopic (exact) mass is 435 g/mol. The second-order valence-electron chi connectivity index (χ2n) is 6.52. The number of ether oxygens (including phenoxy) is 1. The van der Waals surface area contributed by atoms with Gasteiger partial charge in [-0.1, -0.05) is 41.9 Å². The van der Waals surface area contributed by atoms with Crippen LogP contribution in [0.5, 0.6) is 0 Å². The topological polar surface area (TPSA) is 78.1 Å². The molecule has 2 heterocycles. The van der Waals surface area contributed by atoms with Crippen molar-refractivity contribution < 1.29 is 9.53 Å². The van der Waals surface area contributed by atoms with Crippen molar-refractivity contribution >= 4 is 34.7 Å². The van der Waals surface area contributed by atoms with Gasteiger partial charge in [-0.05, 0) is 42.0 Å². The van der Waals surface area contributed by atoms with Gasteiger partial charge in [-0.2, -0.15) is 0 Å². The number of nitrogens with zero attached hydrogens (tertiary/aromatic N) is 2. The lowest BCUT2D eigenvalue weighted by atomic mass is 10.1. The van der Waals surface area contributed by atoms with Gasteiger partial charge in [-0.3, -0.25) is 0 Å². The molecule has 0 saturated heterocycles. The number of nitrogens with two attached hydrogens (primary N) is 1. The van der Waals surface area contributed by atoms with E-state index < -0.39 is 0 Å². The van der Waals surface area contributed by atoms with E-state index in [1.807, 2.05) is 42.5 Å². The minimum Gasteiger partial charge on any atom is -0.462 e. The van der Waals surface area contributed by atoms with Gasteiger partial charge in [0, 0.05) is 23.2 Å². The average Bonchev–Trinajstić information content (AvgIpc) is 3.19. The quantitative estimate of drug-likeness (QED) is 0.404. The summed E-state index contributed by atoms with van der Waals surface area (Å²) < 4.78 is 5.41. The fourth-order valence-corrected chi connectivity index (χ4v) is 4.23. The maximum atomic E-state index is 12.2. The maximum Gasteiger partial charge on any atom is 0.338 e. The molecule has 2 aromatic carbocycles. The number of hydrogen-bond donors (Lipinski definition) is 1. The van der Waals surface area contributed by atoms with E-state index in [1.165, 1.54) is 0 Å². The van der Waals surface area contributed by atoms with Crippen LogP contribution in [0.1, 0.15) is 15.4 Å². The van der Waals surface area contributed by atoms with Crippen LogP contribution in [0.3, 0.4) is 0 Å². The molecule has 4 aromatic rings. The molecule has 0 aliphatic heterocycles. The molecule has 150 valence electrons. The van der Waals surface area contributed by atoms with Crippen molar-refractivity contribution in [2.45, 2.75) is 6.42 Å². The third-order valence-corrected chi connectivity index (χ3v) is 5.77. The Labute approximate surface area is 183 Å². The molecule has 0 fully saturated rings. The van der Waals surface area contributed by atoms with Gasteiger partial charge in [0.2, 0.25) is 0 Å². The van der Waals surface area contributed by atoms with Crippen molar-refractivity contribution in [3.05, 3.63) is 88.5 Å². The van der Waals surface area contributed by atoms with Gasteiger partial charge in [0.25, 0.3) is 0 Å². The molecule has 0 unspecified atom stereocenters. The molecule has 2 N–H and O–H groups in total. The van der Waals surface area contributed by atoms with Gasteiger partial charge in [-0.25, -0.2) is 14.8 Å². The van der Waals surface area contributed by atoms with Crippen LogP contribution in [0, 0.1) is 0 Å². The van der Waals surface area contributed by atoms with E-state index in [9.17, 15) is 4.79 Å². The van der Waals surface area contributed by atoms with E-state index in [4.69, 9.17) is 27.1 Å². The number of pyridine rings is 1. The molecule has 0 amide bonds. The molecule has 0 bridgehead atoms. The van der Waals surface area contributed by atoms with Crippen molar-refractivity contribution in [2.75, 3.05) is 12.3 Å². The highest BCUT2D eigenvalue weighted by Crippen LogP contribution is 2.38. The summed E-state index contributed by atoms with van der Waals surface area (Å²) in [6.45, 7) is 0.244. The number of esters is 1. The Bertz CT molecular complexity index is 1120. The first-order chi connectivity index (χ1) is 14.6. The summed E-state index contributed by atoms with van der Waals surface area (Å²) in [4.78, 5) is 22.0. The number of rotatable bonds is 6. The molecule has 0 aliphatic carbocycles. The number of halogens is 1. The van der Waals surface area contributed by atoms with E-state index in [1.54, 1.807) is 41.8 Å². The lowest BCUT2D eigenvalue weighted by molar-refractivity contribution is 0.0509.